The van der Waals surface area contributed by atoms with Gasteiger partial charge in [-0.2, -0.15) is 5.10 Å². The lowest BCUT2D eigenvalue weighted by Crippen LogP contribution is -2.35. The lowest BCUT2D eigenvalue weighted by molar-refractivity contribution is 0.0932. The Morgan fingerprint density at radius 1 is 1.40 bits per heavy atom. The molecule has 5 nitrogen and oxygen atoms in total. The first kappa shape index (κ1) is 15.0. The molecular formula is C15H26N4O. The number of hydrogen-bond acceptors (Lipinski definition) is 3. The van der Waals surface area contributed by atoms with Gasteiger partial charge in [-0.05, 0) is 51.0 Å². The van der Waals surface area contributed by atoms with Crippen molar-refractivity contribution in [1.82, 2.24) is 15.1 Å². The molecule has 0 aliphatic heterocycles. The summed E-state index contributed by atoms with van der Waals surface area (Å²) in [6, 6.07) is 2.26. The molecule has 1 aromatic heterocycles. The zero-order valence-corrected chi connectivity index (χ0v) is 12.6. The van der Waals surface area contributed by atoms with Crippen LogP contribution in [0.5, 0.6) is 0 Å². The van der Waals surface area contributed by atoms with Crippen molar-refractivity contribution in [1.29, 1.82) is 0 Å². The number of nitrogens with two attached hydrogens (primary N) is 1. The highest BCUT2D eigenvalue weighted by molar-refractivity contribution is 5.92. The molecule has 1 fully saturated rings. The molecule has 20 heavy (non-hydrogen) atoms. The van der Waals surface area contributed by atoms with Crippen LogP contribution in [0.2, 0.25) is 0 Å². The van der Waals surface area contributed by atoms with E-state index >= 15 is 0 Å². The van der Waals surface area contributed by atoms with E-state index in [1.807, 2.05) is 13.0 Å². The average molecular weight is 278 g/mol. The van der Waals surface area contributed by atoms with Crippen molar-refractivity contribution >= 4 is 5.91 Å². The van der Waals surface area contributed by atoms with Gasteiger partial charge in [0.05, 0.1) is 5.69 Å². The largest absolute Gasteiger partial charge is 0.350 e. The highest BCUT2D eigenvalue weighted by Crippen LogP contribution is 2.22. The maximum atomic E-state index is 12.3. The Hall–Kier alpha value is -1.36. The molecule has 1 aliphatic carbocycles. The molecule has 112 valence electrons. The van der Waals surface area contributed by atoms with E-state index < -0.39 is 0 Å². The van der Waals surface area contributed by atoms with Gasteiger partial charge in [-0.25, -0.2) is 0 Å². The third-order valence-corrected chi connectivity index (χ3v) is 4.17. The van der Waals surface area contributed by atoms with Gasteiger partial charge in [0.15, 0.2) is 0 Å². The molecule has 0 saturated heterocycles. The minimum absolute atomic E-state index is 0.00563. The van der Waals surface area contributed by atoms with E-state index in [1.165, 1.54) is 0 Å². The van der Waals surface area contributed by atoms with Crippen LogP contribution in [-0.4, -0.2) is 28.3 Å². The summed E-state index contributed by atoms with van der Waals surface area (Å²) in [5, 5.41) is 7.47. The third-order valence-electron chi connectivity index (χ3n) is 4.17. The molecule has 1 heterocycles. The normalized spacial score (nSPS) is 22.8. The van der Waals surface area contributed by atoms with Gasteiger partial charge in [0.25, 0.3) is 5.91 Å². The number of hydrogen-bond donors (Lipinski definition) is 2. The highest BCUT2D eigenvalue weighted by atomic mass is 16.2. The Bertz CT molecular complexity index is 447. The number of carbonyl (C=O) groups excluding carboxylic acids is 1. The number of aromatic nitrogens is 2. The van der Waals surface area contributed by atoms with Gasteiger partial charge in [0.2, 0.25) is 0 Å². The van der Waals surface area contributed by atoms with Crippen LogP contribution in [0.3, 0.4) is 0 Å². The van der Waals surface area contributed by atoms with Crippen molar-refractivity contribution in [3.8, 4) is 0 Å². The lowest BCUT2D eigenvalue weighted by Gasteiger charge is -2.26. The molecule has 1 amide bonds. The predicted octanol–water partition coefficient (Wildman–Crippen LogP) is 1.71. The van der Waals surface area contributed by atoms with Crippen molar-refractivity contribution < 1.29 is 4.79 Å². The molecule has 0 aromatic carbocycles. The first-order chi connectivity index (χ1) is 9.63. The van der Waals surface area contributed by atoms with Crippen LogP contribution in [0.25, 0.3) is 0 Å². The fraction of sp³-hybridized carbons (Fsp3) is 0.733. The summed E-state index contributed by atoms with van der Waals surface area (Å²) in [6.45, 7) is 5.53. The number of rotatable bonds is 5. The van der Waals surface area contributed by atoms with Gasteiger partial charge in [0.1, 0.15) is 5.69 Å². The van der Waals surface area contributed by atoms with E-state index in [0.29, 0.717) is 17.7 Å². The second kappa shape index (κ2) is 6.88. The fourth-order valence-corrected chi connectivity index (χ4v) is 2.79. The first-order valence-corrected chi connectivity index (χ1v) is 7.74. The Balaban J connectivity index is 1.89. The summed E-state index contributed by atoms with van der Waals surface area (Å²) in [7, 11) is 0. The number of nitrogens with one attached hydrogen (secondary N) is 1. The van der Waals surface area contributed by atoms with Crippen molar-refractivity contribution in [2.75, 3.05) is 6.54 Å². The number of amides is 1. The molecule has 1 aromatic rings. The maximum Gasteiger partial charge on any atom is 0.269 e. The zero-order valence-electron chi connectivity index (χ0n) is 12.6. The predicted molar refractivity (Wildman–Crippen MR) is 79.5 cm³/mol. The number of aryl methyl sites for hydroxylation is 2. The van der Waals surface area contributed by atoms with Crippen molar-refractivity contribution in [3.63, 3.8) is 0 Å². The molecule has 1 aliphatic rings. The minimum Gasteiger partial charge on any atom is -0.350 e. The molecular weight excluding hydrogens is 252 g/mol. The van der Waals surface area contributed by atoms with Crippen LogP contribution in [0.15, 0.2) is 6.07 Å². The van der Waals surface area contributed by atoms with E-state index in [0.717, 1.165) is 50.9 Å². The van der Waals surface area contributed by atoms with E-state index in [1.54, 1.807) is 4.68 Å². The number of nitrogens with zero attached hydrogens (tertiary/aromatic N) is 2. The van der Waals surface area contributed by atoms with E-state index in [-0.39, 0.29) is 5.91 Å². The molecule has 1 saturated carbocycles. The minimum atomic E-state index is -0.00563. The topological polar surface area (TPSA) is 72.9 Å². The fourth-order valence-electron chi connectivity index (χ4n) is 2.79. The molecule has 0 spiro atoms. The van der Waals surface area contributed by atoms with Crippen LogP contribution in [0.4, 0.5) is 0 Å². The standard InChI is InChI=1S/C15H26N4O/c1-3-13-9-14(19(4-2)18-13)15(20)17-10-11-5-7-12(16)8-6-11/h9,11-12H,3-8,10,16H2,1-2H3,(H,17,20). The quantitative estimate of drug-likeness (QED) is 0.861. The van der Waals surface area contributed by atoms with Gasteiger partial charge in [-0.3, -0.25) is 9.48 Å². The van der Waals surface area contributed by atoms with Gasteiger partial charge >= 0.3 is 0 Å². The smallest absolute Gasteiger partial charge is 0.269 e. The molecule has 5 heteroatoms. The van der Waals surface area contributed by atoms with Crippen LogP contribution in [0, 0.1) is 5.92 Å². The van der Waals surface area contributed by atoms with E-state index in [9.17, 15) is 4.79 Å². The van der Waals surface area contributed by atoms with Gasteiger partial charge < -0.3 is 11.1 Å². The SMILES string of the molecule is CCc1cc(C(=O)NCC2CCC(N)CC2)n(CC)n1. The summed E-state index contributed by atoms with van der Waals surface area (Å²) >= 11 is 0. The Morgan fingerprint density at radius 3 is 2.70 bits per heavy atom. The zero-order chi connectivity index (χ0) is 14.5. The molecule has 0 atom stereocenters. The molecule has 0 bridgehead atoms. The summed E-state index contributed by atoms with van der Waals surface area (Å²) in [5.74, 6) is 0.566. The lowest BCUT2D eigenvalue weighted by atomic mass is 9.86. The second-order valence-electron chi connectivity index (χ2n) is 5.68. The summed E-state index contributed by atoms with van der Waals surface area (Å²) in [5.41, 5.74) is 7.55. The van der Waals surface area contributed by atoms with Gasteiger partial charge in [0, 0.05) is 19.1 Å². The van der Waals surface area contributed by atoms with Crippen molar-refractivity contribution in [2.45, 2.75) is 58.5 Å². The summed E-state index contributed by atoms with van der Waals surface area (Å²) in [4.78, 5) is 12.3. The monoisotopic (exact) mass is 278 g/mol. The molecule has 0 radical (unpaired) electrons. The van der Waals surface area contributed by atoms with Crippen molar-refractivity contribution in [3.05, 3.63) is 17.5 Å². The van der Waals surface area contributed by atoms with E-state index in [4.69, 9.17) is 5.73 Å². The Kier molecular flexibility index (Phi) is 5.17. The highest BCUT2D eigenvalue weighted by Gasteiger charge is 2.20. The van der Waals surface area contributed by atoms with Gasteiger partial charge in [-0.15, -0.1) is 0 Å². The van der Waals surface area contributed by atoms with Crippen molar-refractivity contribution in [2.24, 2.45) is 11.7 Å². The maximum absolute atomic E-state index is 12.3. The van der Waals surface area contributed by atoms with E-state index in [2.05, 4.69) is 17.3 Å². The second-order valence-corrected chi connectivity index (χ2v) is 5.68. The van der Waals surface area contributed by atoms with Crippen LogP contribution < -0.4 is 11.1 Å². The molecule has 0 unspecified atom stereocenters. The third kappa shape index (κ3) is 3.60. The van der Waals surface area contributed by atoms with Crippen LogP contribution in [-0.2, 0) is 13.0 Å². The molecule has 2 rings (SSSR count). The van der Waals surface area contributed by atoms with Gasteiger partial charge in [-0.1, -0.05) is 6.92 Å². The van der Waals surface area contributed by atoms with Crippen LogP contribution in [0.1, 0.15) is 55.7 Å². The number of carbonyl (C=O) groups is 1. The average Bonchev–Trinajstić information content (AvgIpc) is 2.90. The Labute approximate surface area is 120 Å². The Morgan fingerprint density at radius 2 is 2.10 bits per heavy atom. The summed E-state index contributed by atoms with van der Waals surface area (Å²) < 4.78 is 1.78. The van der Waals surface area contributed by atoms with Crippen LogP contribution >= 0.6 is 0 Å². The summed E-state index contributed by atoms with van der Waals surface area (Å²) in [6.07, 6.45) is 5.25. The first-order valence-electron chi connectivity index (χ1n) is 7.74. The molecule has 3 N–H and O–H groups in total.